The van der Waals surface area contributed by atoms with Crippen LogP contribution in [-0.4, -0.2) is 106 Å². The van der Waals surface area contributed by atoms with E-state index in [0.29, 0.717) is 16.8 Å². The van der Waals surface area contributed by atoms with E-state index >= 15 is 0 Å². The van der Waals surface area contributed by atoms with Crippen molar-refractivity contribution in [2.45, 2.75) is 77.2 Å². The predicted molar refractivity (Wildman–Crippen MR) is 199 cm³/mol. The van der Waals surface area contributed by atoms with E-state index in [1.54, 1.807) is 17.8 Å². The molecular formula is C39H49N9O4. The van der Waals surface area contributed by atoms with Crippen molar-refractivity contribution in [2.24, 2.45) is 5.41 Å². The summed E-state index contributed by atoms with van der Waals surface area (Å²) in [5, 5.41) is 11.3. The Morgan fingerprint density at radius 3 is 2.50 bits per heavy atom. The molecule has 2 amide bonds. The minimum absolute atomic E-state index is 0.00796. The van der Waals surface area contributed by atoms with Gasteiger partial charge in [0, 0.05) is 76.9 Å². The van der Waals surface area contributed by atoms with Crippen molar-refractivity contribution >= 4 is 34.8 Å². The highest BCUT2D eigenvalue weighted by Crippen LogP contribution is 2.42. The zero-order valence-electron chi connectivity index (χ0n) is 30.8. The average molecular weight is 708 g/mol. The van der Waals surface area contributed by atoms with Crippen LogP contribution in [0.25, 0.3) is 16.9 Å². The fraction of sp³-hybridized carbons (Fsp3) is 0.513. The van der Waals surface area contributed by atoms with Crippen LogP contribution in [0.1, 0.15) is 68.1 Å². The molecule has 1 aliphatic carbocycles. The second-order valence-electron chi connectivity index (χ2n) is 15.8. The third-order valence-corrected chi connectivity index (χ3v) is 11.2. The van der Waals surface area contributed by atoms with Crippen molar-refractivity contribution in [3.05, 3.63) is 65.6 Å². The van der Waals surface area contributed by atoms with E-state index in [1.165, 1.54) is 11.1 Å². The summed E-state index contributed by atoms with van der Waals surface area (Å²) in [5.74, 6) is 0.531. The molecule has 4 aliphatic rings. The molecule has 1 spiro atoms. The van der Waals surface area contributed by atoms with Gasteiger partial charge in [-0.05, 0) is 81.5 Å². The van der Waals surface area contributed by atoms with Crippen LogP contribution < -0.4 is 15.5 Å². The largest absolute Gasteiger partial charge is 0.444 e. The first-order valence-electron chi connectivity index (χ1n) is 18.5. The maximum atomic E-state index is 13.3. The molecule has 2 saturated heterocycles. The molecule has 0 unspecified atom stereocenters. The van der Waals surface area contributed by atoms with Crippen molar-refractivity contribution < 1.29 is 19.1 Å². The number of benzene rings is 1. The molecule has 3 fully saturated rings. The van der Waals surface area contributed by atoms with Crippen molar-refractivity contribution in [3.63, 3.8) is 0 Å². The number of likely N-dealkylation sites (tertiary alicyclic amines) is 2. The Morgan fingerprint density at radius 1 is 1.02 bits per heavy atom. The molecule has 1 saturated carbocycles. The van der Waals surface area contributed by atoms with Crippen molar-refractivity contribution in [3.8, 4) is 11.3 Å². The Labute approximate surface area is 304 Å². The SMILES string of the molecule is CNc1cc(N2CCc3c(-c4ccc(CN5CC6(CCN(C(=O)OC(C)(C)C)CC6)C5)cn4)cccc32)nn2c(C(=O)N[C@@H]3CC[C@H]3OC)cnc12. The van der Waals surface area contributed by atoms with E-state index in [0.717, 1.165) is 99.8 Å². The van der Waals surface area contributed by atoms with E-state index in [2.05, 4.69) is 55.7 Å². The minimum atomic E-state index is -0.467. The first-order valence-corrected chi connectivity index (χ1v) is 18.5. The van der Waals surface area contributed by atoms with Crippen LogP contribution in [0.5, 0.6) is 0 Å². The summed E-state index contributed by atoms with van der Waals surface area (Å²) in [4.78, 5) is 41.9. The molecule has 3 aliphatic heterocycles. The van der Waals surface area contributed by atoms with Gasteiger partial charge < -0.3 is 29.9 Å². The van der Waals surface area contributed by atoms with Crippen LogP contribution in [0.4, 0.5) is 22.0 Å². The van der Waals surface area contributed by atoms with Crippen molar-refractivity contribution in [2.75, 3.05) is 57.1 Å². The van der Waals surface area contributed by atoms with Gasteiger partial charge in [0.1, 0.15) is 5.60 Å². The van der Waals surface area contributed by atoms with Gasteiger partial charge in [-0.3, -0.25) is 14.7 Å². The van der Waals surface area contributed by atoms with Crippen LogP contribution in [0.15, 0.2) is 48.8 Å². The third-order valence-electron chi connectivity index (χ3n) is 11.2. The number of nitrogens with zero attached hydrogens (tertiary/aromatic N) is 7. The lowest BCUT2D eigenvalue weighted by molar-refractivity contribution is -0.0551. The molecule has 2 N–H and O–H groups in total. The van der Waals surface area contributed by atoms with Crippen LogP contribution in [0.2, 0.25) is 0 Å². The first kappa shape index (κ1) is 34.3. The fourth-order valence-corrected chi connectivity index (χ4v) is 8.25. The number of amides is 2. The lowest BCUT2D eigenvalue weighted by Crippen LogP contribution is -2.60. The molecular weight excluding hydrogens is 658 g/mol. The summed E-state index contributed by atoms with van der Waals surface area (Å²) in [6.07, 6.45) is 8.16. The number of imidazole rings is 1. The zero-order valence-corrected chi connectivity index (χ0v) is 30.8. The van der Waals surface area contributed by atoms with Crippen LogP contribution in [0, 0.1) is 5.41 Å². The summed E-state index contributed by atoms with van der Waals surface area (Å²) in [6, 6.07) is 12.7. The monoisotopic (exact) mass is 707 g/mol. The molecule has 13 heteroatoms. The molecule has 3 aromatic heterocycles. The van der Waals surface area contributed by atoms with Gasteiger partial charge in [-0.25, -0.2) is 14.3 Å². The molecule has 4 aromatic rings. The molecule has 6 heterocycles. The van der Waals surface area contributed by atoms with Gasteiger partial charge in [0.25, 0.3) is 5.91 Å². The smallest absolute Gasteiger partial charge is 0.410 e. The van der Waals surface area contributed by atoms with Crippen molar-refractivity contribution in [1.29, 1.82) is 0 Å². The maximum absolute atomic E-state index is 13.3. The summed E-state index contributed by atoms with van der Waals surface area (Å²) < 4.78 is 12.7. The number of rotatable bonds is 8. The molecule has 0 radical (unpaired) electrons. The topological polar surface area (TPSA) is 129 Å². The molecule has 52 heavy (non-hydrogen) atoms. The Bertz CT molecular complexity index is 1970. The number of hydrogen-bond donors (Lipinski definition) is 2. The first-order chi connectivity index (χ1) is 25.0. The van der Waals surface area contributed by atoms with Gasteiger partial charge in [-0.2, -0.15) is 0 Å². The van der Waals surface area contributed by atoms with Crippen LogP contribution >= 0.6 is 0 Å². The Balaban J connectivity index is 0.936. The fourth-order valence-electron chi connectivity index (χ4n) is 8.25. The second kappa shape index (κ2) is 13.3. The van der Waals surface area contributed by atoms with E-state index in [9.17, 15) is 9.59 Å². The van der Waals surface area contributed by atoms with E-state index in [4.69, 9.17) is 19.6 Å². The van der Waals surface area contributed by atoms with Gasteiger partial charge in [-0.1, -0.05) is 18.2 Å². The van der Waals surface area contributed by atoms with Crippen molar-refractivity contribution in [1.82, 2.24) is 34.7 Å². The number of carbonyl (C=O) groups excluding carboxylic acids is 2. The number of aromatic nitrogens is 4. The normalized spacial score (nSPS) is 21.1. The van der Waals surface area contributed by atoms with Gasteiger partial charge in [0.05, 0.1) is 29.7 Å². The lowest BCUT2D eigenvalue weighted by Gasteiger charge is -2.54. The van der Waals surface area contributed by atoms with Gasteiger partial charge in [0.2, 0.25) is 0 Å². The average Bonchev–Trinajstić information content (AvgIpc) is 3.74. The van der Waals surface area contributed by atoms with E-state index in [1.807, 2.05) is 45.0 Å². The molecule has 1 aromatic carbocycles. The van der Waals surface area contributed by atoms with Gasteiger partial charge in [0.15, 0.2) is 17.2 Å². The third kappa shape index (κ3) is 6.44. The molecule has 13 nitrogen and oxygen atoms in total. The number of methoxy groups -OCH3 is 1. The second-order valence-corrected chi connectivity index (χ2v) is 15.8. The quantitative estimate of drug-likeness (QED) is 0.250. The number of fused-ring (bicyclic) bond motifs is 2. The van der Waals surface area contributed by atoms with Gasteiger partial charge in [-0.15, -0.1) is 5.10 Å². The number of nitrogens with one attached hydrogen (secondary N) is 2. The summed E-state index contributed by atoms with van der Waals surface area (Å²) >= 11 is 0. The zero-order chi connectivity index (χ0) is 36.2. The van der Waals surface area contributed by atoms with E-state index < -0.39 is 5.60 Å². The van der Waals surface area contributed by atoms with Crippen LogP contribution in [-0.2, 0) is 22.4 Å². The standard InChI is InChI=1S/C39H49N9O4/c1-38(2,3)52-37(50)46-17-14-39(15-18-46)23-45(24-39)22-25-9-10-28(41-20-25)26-7-6-8-31-27(26)13-16-47(31)34-19-30(40-4)35-42-21-32(48(35)44-34)36(49)43-29-11-12-33(29)51-5/h6-10,19-21,29,33,40H,11-18,22-24H2,1-5H3,(H,43,49)/t29-,33-/m1/s1. The maximum Gasteiger partial charge on any atom is 0.410 e. The Kier molecular flexibility index (Phi) is 8.81. The van der Waals surface area contributed by atoms with Crippen LogP contribution in [0.3, 0.4) is 0 Å². The number of anilines is 3. The summed E-state index contributed by atoms with van der Waals surface area (Å²) in [7, 11) is 3.54. The van der Waals surface area contributed by atoms with E-state index in [-0.39, 0.29) is 24.1 Å². The molecule has 2 atom stereocenters. The minimum Gasteiger partial charge on any atom is -0.444 e. The highest BCUT2D eigenvalue weighted by atomic mass is 16.6. The highest BCUT2D eigenvalue weighted by Gasteiger charge is 2.45. The molecule has 8 rings (SSSR count). The summed E-state index contributed by atoms with van der Waals surface area (Å²) in [6.45, 7) is 11.0. The molecule has 0 bridgehead atoms. The highest BCUT2D eigenvalue weighted by molar-refractivity contribution is 5.94. The Hall–Kier alpha value is -4.75. The van der Waals surface area contributed by atoms with Gasteiger partial charge >= 0.3 is 6.09 Å². The number of carbonyl (C=O) groups is 2. The summed E-state index contributed by atoms with van der Waals surface area (Å²) in [5.41, 5.74) is 7.22. The number of pyridine rings is 1. The number of hydrogen-bond acceptors (Lipinski definition) is 10. The number of piperidine rings is 1. The Morgan fingerprint density at radius 2 is 1.83 bits per heavy atom. The lowest BCUT2D eigenvalue weighted by atomic mass is 9.72. The predicted octanol–water partition coefficient (Wildman–Crippen LogP) is 5.27. The molecule has 274 valence electrons. The number of ether oxygens (including phenoxy) is 2.